The van der Waals surface area contributed by atoms with Gasteiger partial charge in [0.05, 0.1) is 6.61 Å². The second-order valence-electron chi connectivity index (χ2n) is 4.82. The molecule has 98 valence electrons. The second kappa shape index (κ2) is 5.89. The van der Waals surface area contributed by atoms with Gasteiger partial charge in [-0.3, -0.25) is 4.79 Å². The predicted octanol–water partition coefficient (Wildman–Crippen LogP) is 2.72. The average Bonchev–Trinajstić information content (AvgIpc) is 3.21. The number of rotatable bonds is 6. The minimum absolute atomic E-state index is 0.126. The molecule has 0 bridgehead atoms. The minimum atomic E-state index is 0.126. The lowest BCUT2D eigenvalue weighted by Gasteiger charge is -2.16. The van der Waals surface area contributed by atoms with Crippen molar-refractivity contribution in [3.05, 3.63) is 29.8 Å². The summed E-state index contributed by atoms with van der Waals surface area (Å²) in [6.07, 6.45) is 3.08. The zero-order valence-electron chi connectivity index (χ0n) is 11.1. The molecular weight excluding hydrogens is 226 g/mol. The van der Waals surface area contributed by atoms with Crippen LogP contribution < -0.4 is 10.1 Å². The maximum atomic E-state index is 11.6. The van der Waals surface area contributed by atoms with E-state index in [4.69, 9.17) is 4.74 Å². The van der Waals surface area contributed by atoms with Crippen molar-refractivity contribution in [3.63, 3.8) is 0 Å². The maximum absolute atomic E-state index is 11.6. The van der Waals surface area contributed by atoms with E-state index < -0.39 is 0 Å². The normalized spacial score (nSPS) is 16.1. The molecule has 1 unspecified atom stereocenters. The van der Waals surface area contributed by atoms with E-state index >= 15 is 0 Å². The Balaban J connectivity index is 2.07. The largest absolute Gasteiger partial charge is 0.494 e. The fraction of sp³-hybridized carbons (Fsp3) is 0.533. The van der Waals surface area contributed by atoms with Crippen LogP contribution in [0.5, 0.6) is 5.75 Å². The summed E-state index contributed by atoms with van der Waals surface area (Å²) in [6.45, 7) is 2.66. The van der Waals surface area contributed by atoms with Crippen LogP contribution >= 0.6 is 0 Å². The van der Waals surface area contributed by atoms with Gasteiger partial charge < -0.3 is 10.1 Å². The van der Waals surface area contributed by atoms with Gasteiger partial charge in [-0.25, -0.2) is 0 Å². The number of carbonyl (C=O) groups is 1. The van der Waals surface area contributed by atoms with Gasteiger partial charge in [0.15, 0.2) is 0 Å². The molecule has 0 saturated heterocycles. The van der Waals surface area contributed by atoms with E-state index in [2.05, 4.69) is 17.4 Å². The lowest BCUT2D eigenvalue weighted by atomic mass is 9.90. The van der Waals surface area contributed by atoms with Gasteiger partial charge in [0.2, 0.25) is 5.91 Å². The molecule has 0 aliphatic heterocycles. The first-order valence-electron chi connectivity index (χ1n) is 6.68. The molecule has 1 saturated carbocycles. The van der Waals surface area contributed by atoms with Crippen LogP contribution in [0.1, 0.15) is 37.7 Å². The first kappa shape index (κ1) is 12.9. The lowest BCUT2D eigenvalue weighted by molar-refractivity contribution is -0.121. The molecule has 1 aliphatic carbocycles. The molecule has 0 heterocycles. The molecule has 1 aromatic rings. The highest BCUT2D eigenvalue weighted by Crippen LogP contribution is 2.44. The Bertz CT molecular complexity index is 395. The maximum Gasteiger partial charge on any atom is 0.220 e. The smallest absolute Gasteiger partial charge is 0.220 e. The van der Waals surface area contributed by atoms with Crippen LogP contribution in [0.15, 0.2) is 24.3 Å². The van der Waals surface area contributed by atoms with Gasteiger partial charge in [0.25, 0.3) is 0 Å². The molecule has 0 spiro atoms. The van der Waals surface area contributed by atoms with Gasteiger partial charge in [-0.2, -0.15) is 0 Å². The molecule has 3 heteroatoms. The summed E-state index contributed by atoms with van der Waals surface area (Å²) in [5.41, 5.74) is 1.25. The zero-order chi connectivity index (χ0) is 13.0. The summed E-state index contributed by atoms with van der Waals surface area (Å²) >= 11 is 0. The number of hydrogen-bond donors (Lipinski definition) is 1. The minimum Gasteiger partial charge on any atom is -0.494 e. The molecule has 18 heavy (non-hydrogen) atoms. The Kier molecular flexibility index (Phi) is 4.24. The molecule has 0 aromatic heterocycles. The third-order valence-corrected chi connectivity index (χ3v) is 3.49. The van der Waals surface area contributed by atoms with E-state index in [1.54, 1.807) is 7.05 Å². The van der Waals surface area contributed by atoms with Crippen molar-refractivity contribution >= 4 is 5.91 Å². The van der Waals surface area contributed by atoms with E-state index in [0.717, 1.165) is 5.75 Å². The van der Waals surface area contributed by atoms with E-state index in [0.29, 0.717) is 24.9 Å². The first-order valence-corrected chi connectivity index (χ1v) is 6.68. The molecule has 1 aliphatic rings. The summed E-state index contributed by atoms with van der Waals surface area (Å²) in [4.78, 5) is 11.6. The van der Waals surface area contributed by atoms with Gasteiger partial charge in [-0.15, -0.1) is 0 Å². The second-order valence-corrected chi connectivity index (χ2v) is 4.82. The zero-order valence-corrected chi connectivity index (χ0v) is 11.1. The van der Waals surface area contributed by atoms with Crippen LogP contribution in [0.25, 0.3) is 0 Å². The standard InChI is InChI=1S/C15H21NO2/c1-3-18-13-8-6-12(7-9-13)14(11-4-5-11)10-15(17)16-2/h6-9,11,14H,3-5,10H2,1-2H3,(H,16,17). The summed E-state index contributed by atoms with van der Waals surface area (Å²) in [5.74, 6) is 2.07. The summed E-state index contributed by atoms with van der Waals surface area (Å²) in [7, 11) is 1.70. The lowest BCUT2D eigenvalue weighted by Crippen LogP contribution is -2.21. The van der Waals surface area contributed by atoms with Gasteiger partial charge in [-0.05, 0) is 49.3 Å². The monoisotopic (exact) mass is 247 g/mol. The summed E-state index contributed by atoms with van der Waals surface area (Å²) < 4.78 is 5.44. The number of hydrogen-bond acceptors (Lipinski definition) is 2. The molecular formula is C15H21NO2. The van der Waals surface area contributed by atoms with E-state index in [-0.39, 0.29) is 5.91 Å². The van der Waals surface area contributed by atoms with E-state index in [9.17, 15) is 4.79 Å². The van der Waals surface area contributed by atoms with Crippen molar-refractivity contribution in [3.8, 4) is 5.75 Å². The van der Waals surface area contributed by atoms with Crippen molar-refractivity contribution < 1.29 is 9.53 Å². The number of amides is 1. The fourth-order valence-electron chi connectivity index (χ4n) is 2.33. The fourth-order valence-corrected chi connectivity index (χ4v) is 2.33. The number of ether oxygens (including phenoxy) is 1. The van der Waals surface area contributed by atoms with Crippen LogP contribution in [0, 0.1) is 5.92 Å². The molecule has 1 fully saturated rings. The van der Waals surface area contributed by atoms with Crippen molar-refractivity contribution in [1.82, 2.24) is 5.32 Å². The van der Waals surface area contributed by atoms with Gasteiger partial charge in [0, 0.05) is 13.5 Å². The Morgan fingerprint density at radius 1 is 1.39 bits per heavy atom. The predicted molar refractivity (Wildman–Crippen MR) is 71.8 cm³/mol. The van der Waals surface area contributed by atoms with E-state index in [1.807, 2.05) is 19.1 Å². The Morgan fingerprint density at radius 3 is 2.56 bits per heavy atom. The molecule has 1 amide bonds. The first-order chi connectivity index (χ1) is 8.74. The summed E-state index contributed by atoms with van der Waals surface area (Å²) in [6, 6.07) is 8.18. The van der Waals surface area contributed by atoms with Crippen LogP contribution in [0.2, 0.25) is 0 Å². The third kappa shape index (κ3) is 3.25. The van der Waals surface area contributed by atoms with Gasteiger partial charge >= 0.3 is 0 Å². The highest BCUT2D eigenvalue weighted by atomic mass is 16.5. The third-order valence-electron chi connectivity index (χ3n) is 3.49. The van der Waals surface area contributed by atoms with Crippen molar-refractivity contribution in [1.29, 1.82) is 0 Å². The van der Waals surface area contributed by atoms with Crippen molar-refractivity contribution in [2.24, 2.45) is 5.92 Å². The Hall–Kier alpha value is -1.51. The van der Waals surface area contributed by atoms with Crippen LogP contribution in [-0.4, -0.2) is 19.6 Å². The molecule has 0 radical (unpaired) electrons. The number of benzene rings is 1. The van der Waals surface area contributed by atoms with E-state index in [1.165, 1.54) is 18.4 Å². The molecule has 2 rings (SSSR count). The average molecular weight is 247 g/mol. The molecule has 1 atom stereocenters. The highest BCUT2D eigenvalue weighted by Gasteiger charge is 2.33. The van der Waals surface area contributed by atoms with Crippen LogP contribution in [0.3, 0.4) is 0 Å². The van der Waals surface area contributed by atoms with Crippen LogP contribution in [-0.2, 0) is 4.79 Å². The number of carbonyl (C=O) groups excluding carboxylic acids is 1. The molecule has 1 aromatic carbocycles. The van der Waals surface area contributed by atoms with Crippen molar-refractivity contribution in [2.45, 2.75) is 32.1 Å². The molecule has 3 nitrogen and oxygen atoms in total. The quantitative estimate of drug-likeness (QED) is 0.839. The van der Waals surface area contributed by atoms with Gasteiger partial charge in [-0.1, -0.05) is 12.1 Å². The van der Waals surface area contributed by atoms with Gasteiger partial charge in [0.1, 0.15) is 5.75 Å². The summed E-state index contributed by atoms with van der Waals surface area (Å²) in [5, 5.41) is 2.72. The highest BCUT2D eigenvalue weighted by molar-refractivity contribution is 5.76. The SMILES string of the molecule is CCOc1ccc(C(CC(=O)NC)C2CC2)cc1. The number of nitrogens with one attached hydrogen (secondary N) is 1. The molecule has 1 N–H and O–H groups in total. The Morgan fingerprint density at radius 2 is 2.06 bits per heavy atom. The van der Waals surface area contributed by atoms with Crippen molar-refractivity contribution in [2.75, 3.05) is 13.7 Å². The van der Waals surface area contributed by atoms with Crippen LogP contribution in [0.4, 0.5) is 0 Å². The topological polar surface area (TPSA) is 38.3 Å². The Labute approximate surface area is 109 Å².